The van der Waals surface area contributed by atoms with Crippen molar-refractivity contribution in [3.63, 3.8) is 0 Å². The van der Waals surface area contributed by atoms with Gasteiger partial charge in [0.05, 0.1) is 0 Å². The Hall–Kier alpha value is -2.93. The Bertz CT molecular complexity index is 1050. The Morgan fingerprint density at radius 3 is 2.93 bits per heavy atom. The van der Waals surface area contributed by atoms with Gasteiger partial charge in [0.15, 0.2) is 11.6 Å². The number of carbonyl (C=O) groups excluding carboxylic acids is 1. The van der Waals surface area contributed by atoms with Gasteiger partial charge in [0.2, 0.25) is 5.91 Å². The first-order valence-corrected chi connectivity index (χ1v) is 9.76. The topological polar surface area (TPSA) is 80.1 Å². The molecule has 1 unspecified atom stereocenters. The number of aryl methyl sites for hydroxylation is 1. The quantitative estimate of drug-likeness (QED) is 0.532. The average molecular weight is 399 g/mol. The van der Waals surface area contributed by atoms with Crippen LogP contribution in [0.15, 0.2) is 36.5 Å². The van der Waals surface area contributed by atoms with E-state index in [4.69, 9.17) is 10.5 Å². The summed E-state index contributed by atoms with van der Waals surface area (Å²) in [7, 11) is 0. The number of H-pyrrole nitrogens is 1. The molecular formula is C22H23F2N3O2. The third-order valence-corrected chi connectivity index (χ3v) is 5.39. The van der Waals surface area contributed by atoms with E-state index in [2.05, 4.69) is 10.3 Å². The van der Waals surface area contributed by atoms with Crippen molar-refractivity contribution in [1.29, 1.82) is 0 Å². The molecule has 0 aliphatic carbocycles. The maximum atomic E-state index is 13.9. The standard InChI is InChI=1S/C22H23F2N3O2/c23-14-4-7-20-17(9-14)13(11-27-20)3-1-2-8-26-15-10-18-16(22(25)28)5-6-19(24)21(18)29-12-15/h4-7,9,11,15,26-27H,1-3,8,10,12H2,(H2,25,28). The molecule has 0 spiro atoms. The smallest absolute Gasteiger partial charge is 0.249 e. The van der Waals surface area contributed by atoms with E-state index in [1.807, 2.05) is 6.20 Å². The zero-order chi connectivity index (χ0) is 20.4. The van der Waals surface area contributed by atoms with Crippen LogP contribution in [0.1, 0.15) is 34.3 Å². The normalized spacial score (nSPS) is 15.9. The minimum atomic E-state index is -0.583. The van der Waals surface area contributed by atoms with E-state index in [9.17, 15) is 13.6 Å². The zero-order valence-corrected chi connectivity index (χ0v) is 15.9. The molecular weight excluding hydrogens is 376 g/mol. The minimum Gasteiger partial charge on any atom is -0.489 e. The summed E-state index contributed by atoms with van der Waals surface area (Å²) in [6.45, 7) is 1.11. The van der Waals surface area contributed by atoms with Gasteiger partial charge in [-0.25, -0.2) is 8.78 Å². The molecule has 1 atom stereocenters. The van der Waals surface area contributed by atoms with E-state index >= 15 is 0 Å². The zero-order valence-electron chi connectivity index (χ0n) is 15.9. The van der Waals surface area contributed by atoms with Gasteiger partial charge in [0.25, 0.3) is 0 Å². The van der Waals surface area contributed by atoms with Gasteiger partial charge in [-0.3, -0.25) is 4.79 Å². The number of unbranched alkanes of at least 4 members (excludes halogenated alkanes) is 1. The molecule has 0 saturated carbocycles. The van der Waals surface area contributed by atoms with Crippen molar-refractivity contribution in [2.24, 2.45) is 5.73 Å². The molecule has 29 heavy (non-hydrogen) atoms. The summed E-state index contributed by atoms with van der Waals surface area (Å²) >= 11 is 0. The van der Waals surface area contributed by atoms with Crippen LogP contribution in [0.5, 0.6) is 5.75 Å². The number of hydrogen-bond acceptors (Lipinski definition) is 3. The average Bonchev–Trinajstić information content (AvgIpc) is 3.09. The third kappa shape index (κ3) is 4.10. The summed E-state index contributed by atoms with van der Waals surface area (Å²) in [4.78, 5) is 14.8. The highest BCUT2D eigenvalue weighted by molar-refractivity contribution is 5.95. The monoisotopic (exact) mass is 399 g/mol. The summed E-state index contributed by atoms with van der Waals surface area (Å²) in [5.74, 6) is -1.16. The van der Waals surface area contributed by atoms with E-state index in [-0.39, 0.29) is 17.6 Å². The molecule has 0 bridgehead atoms. The SMILES string of the molecule is NC(=O)c1ccc(F)c2c1CC(NCCCCc1c[nH]c3ccc(F)cc13)CO2. The van der Waals surface area contributed by atoms with E-state index in [1.54, 1.807) is 12.1 Å². The number of amides is 1. The maximum Gasteiger partial charge on any atom is 0.249 e. The van der Waals surface area contributed by atoms with Crippen LogP contribution in [-0.4, -0.2) is 30.1 Å². The molecule has 3 aromatic rings. The highest BCUT2D eigenvalue weighted by Crippen LogP contribution is 2.31. The van der Waals surface area contributed by atoms with Gasteiger partial charge in [-0.05, 0) is 68.1 Å². The summed E-state index contributed by atoms with van der Waals surface area (Å²) in [5, 5.41) is 4.33. The Morgan fingerprint density at radius 2 is 2.10 bits per heavy atom. The van der Waals surface area contributed by atoms with Crippen molar-refractivity contribution < 1.29 is 18.3 Å². The second-order valence-corrected chi connectivity index (χ2v) is 7.39. The number of ether oxygens (including phenoxy) is 1. The molecule has 152 valence electrons. The van der Waals surface area contributed by atoms with Crippen LogP contribution < -0.4 is 15.8 Å². The number of carbonyl (C=O) groups is 1. The molecule has 1 aliphatic rings. The predicted molar refractivity (Wildman–Crippen MR) is 107 cm³/mol. The lowest BCUT2D eigenvalue weighted by atomic mass is 9.96. The van der Waals surface area contributed by atoms with Gasteiger partial charge >= 0.3 is 0 Å². The number of halogens is 2. The van der Waals surface area contributed by atoms with Gasteiger partial charge in [-0.2, -0.15) is 0 Å². The van der Waals surface area contributed by atoms with Crippen LogP contribution >= 0.6 is 0 Å². The molecule has 0 radical (unpaired) electrons. The Balaban J connectivity index is 1.29. The number of primary amides is 1. The fourth-order valence-electron chi connectivity index (χ4n) is 3.91. The highest BCUT2D eigenvalue weighted by Gasteiger charge is 2.26. The first kappa shape index (κ1) is 19.4. The number of benzene rings is 2. The molecule has 7 heteroatoms. The van der Waals surface area contributed by atoms with E-state index < -0.39 is 11.7 Å². The number of fused-ring (bicyclic) bond motifs is 2. The minimum absolute atomic E-state index is 0.00964. The van der Waals surface area contributed by atoms with Crippen LogP contribution in [0, 0.1) is 11.6 Å². The summed E-state index contributed by atoms with van der Waals surface area (Å²) in [6, 6.07) is 7.37. The second kappa shape index (κ2) is 8.21. The van der Waals surface area contributed by atoms with Gasteiger partial charge in [0.1, 0.15) is 12.4 Å². The highest BCUT2D eigenvalue weighted by atomic mass is 19.1. The molecule has 2 heterocycles. The Labute approximate surface area is 167 Å². The lowest BCUT2D eigenvalue weighted by Crippen LogP contribution is -2.40. The Kier molecular flexibility index (Phi) is 5.49. The van der Waals surface area contributed by atoms with Crippen LogP contribution in [0.2, 0.25) is 0 Å². The van der Waals surface area contributed by atoms with Gasteiger partial charge in [0, 0.05) is 34.3 Å². The third-order valence-electron chi connectivity index (χ3n) is 5.39. The first-order chi connectivity index (χ1) is 14.0. The van der Waals surface area contributed by atoms with Crippen molar-refractivity contribution in [3.05, 3.63) is 64.9 Å². The summed E-state index contributed by atoms with van der Waals surface area (Å²) < 4.78 is 33.0. The predicted octanol–water partition coefficient (Wildman–Crippen LogP) is 3.46. The van der Waals surface area contributed by atoms with Crippen LogP contribution in [0.3, 0.4) is 0 Å². The van der Waals surface area contributed by atoms with E-state index in [1.165, 1.54) is 18.2 Å². The fraction of sp³-hybridized carbons (Fsp3) is 0.318. The van der Waals surface area contributed by atoms with Gasteiger partial charge in [-0.1, -0.05) is 0 Å². The van der Waals surface area contributed by atoms with E-state index in [0.29, 0.717) is 24.2 Å². The van der Waals surface area contributed by atoms with Crippen LogP contribution in [0.4, 0.5) is 8.78 Å². The summed E-state index contributed by atoms with van der Waals surface area (Å²) in [6.07, 6.45) is 5.15. The molecule has 2 aromatic carbocycles. The van der Waals surface area contributed by atoms with Crippen molar-refractivity contribution in [3.8, 4) is 5.75 Å². The van der Waals surface area contributed by atoms with Crippen LogP contribution in [0.25, 0.3) is 10.9 Å². The number of nitrogens with one attached hydrogen (secondary N) is 2. The van der Waals surface area contributed by atoms with Crippen LogP contribution in [-0.2, 0) is 12.8 Å². The molecule has 4 rings (SSSR count). The van der Waals surface area contributed by atoms with Crippen molar-refractivity contribution in [1.82, 2.24) is 10.3 Å². The van der Waals surface area contributed by atoms with Gasteiger partial charge in [-0.15, -0.1) is 0 Å². The fourth-order valence-corrected chi connectivity index (χ4v) is 3.91. The molecule has 1 aromatic heterocycles. The summed E-state index contributed by atoms with van der Waals surface area (Å²) in [5.41, 5.74) is 8.29. The number of rotatable bonds is 7. The number of hydrogen-bond donors (Lipinski definition) is 3. The van der Waals surface area contributed by atoms with Gasteiger partial charge < -0.3 is 20.8 Å². The van der Waals surface area contributed by atoms with Crippen molar-refractivity contribution in [2.75, 3.05) is 13.2 Å². The van der Waals surface area contributed by atoms with E-state index in [0.717, 1.165) is 42.3 Å². The Morgan fingerprint density at radius 1 is 1.24 bits per heavy atom. The maximum absolute atomic E-state index is 13.9. The number of aromatic nitrogens is 1. The van der Waals surface area contributed by atoms with Crippen molar-refractivity contribution in [2.45, 2.75) is 31.7 Å². The molecule has 0 saturated heterocycles. The second-order valence-electron chi connectivity index (χ2n) is 7.39. The number of nitrogens with two attached hydrogens (primary N) is 1. The number of aromatic amines is 1. The largest absolute Gasteiger partial charge is 0.489 e. The van der Waals surface area contributed by atoms with Crippen molar-refractivity contribution >= 4 is 16.8 Å². The molecule has 1 aliphatic heterocycles. The lowest BCUT2D eigenvalue weighted by molar-refractivity contribution is 0.0997. The molecule has 1 amide bonds. The molecule has 5 nitrogen and oxygen atoms in total. The lowest BCUT2D eigenvalue weighted by Gasteiger charge is -2.27. The molecule has 0 fully saturated rings. The molecule has 4 N–H and O–H groups in total. The first-order valence-electron chi connectivity index (χ1n) is 9.76.